The van der Waals surface area contributed by atoms with Crippen LogP contribution in [0.3, 0.4) is 0 Å². The number of nitrogens with zero attached hydrogens (tertiary/aromatic N) is 1. The molecule has 0 aromatic heterocycles. The van der Waals surface area contributed by atoms with E-state index in [1.54, 1.807) is 0 Å². The maximum atomic E-state index is 11.8. The lowest BCUT2D eigenvalue weighted by Crippen LogP contribution is -2.56. The summed E-state index contributed by atoms with van der Waals surface area (Å²) in [7, 11) is 0. The predicted octanol–water partition coefficient (Wildman–Crippen LogP) is 0.934. The summed E-state index contributed by atoms with van der Waals surface area (Å²) >= 11 is 0. The zero-order valence-electron chi connectivity index (χ0n) is 8.80. The van der Waals surface area contributed by atoms with Gasteiger partial charge in [-0.25, -0.2) is 0 Å². The van der Waals surface area contributed by atoms with Crippen LogP contribution in [0.25, 0.3) is 0 Å². The summed E-state index contributed by atoms with van der Waals surface area (Å²) in [6.45, 7) is 0.878. The number of aliphatic hydroxyl groups is 1. The van der Waals surface area contributed by atoms with E-state index in [0.717, 1.165) is 25.8 Å². The van der Waals surface area contributed by atoms with Crippen LogP contribution in [0, 0.1) is 11.8 Å². The van der Waals surface area contributed by atoms with Gasteiger partial charge in [0.05, 0.1) is 6.10 Å². The predicted molar refractivity (Wildman–Crippen MR) is 56.1 cm³/mol. The highest BCUT2D eigenvalue weighted by Crippen LogP contribution is 2.39. The molecule has 0 saturated carbocycles. The largest absolute Gasteiger partial charge is 0.389 e. The van der Waals surface area contributed by atoms with Crippen LogP contribution in [-0.2, 0) is 4.79 Å². The molecule has 4 atom stereocenters. The van der Waals surface area contributed by atoms with Crippen LogP contribution in [-0.4, -0.2) is 34.6 Å². The lowest BCUT2D eigenvalue weighted by molar-refractivity contribution is -0.143. The molecule has 2 fully saturated rings. The van der Waals surface area contributed by atoms with Gasteiger partial charge in [-0.1, -0.05) is 12.2 Å². The molecule has 2 heterocycles. The molecule has 2 aliphatic heterocycles. The van der Waals surface area contributed by atoms with E-state index in [9.17, 15) is 9.90 Å². The summed E-state index contributed by atoms with van der Waals surface area (Å²) in [5.74, 6) is 1.07. The number of hydrogen-bond donors (Lipinski definition) is 1. The van der Waals surface area contributed by atoms with Gasteiger partial charge in [0.15, 0.2) is 0 Å². The number of rotatable bonds is 0. The van der Waals surface area contributed by atoms with E-state index in [2.05, 4.69) is 6.08 Å². The molecule has 0 aromatic rings. The van der Waals surface area contributed by atoms with Crippen LogP contribution in [0.1, 0.15) is 25.7 Å². The maximum Gasteiger partial charge on any atom is 0.222 e. The zero-order chi connectivity index (χ0) is 10.4. The van der Waals surface area contributed by atoms with Gasteiger partial charge in [0, 0.05) is 24.9 Å². The summed E-state index contributed by atoms with van der Waals surface area (Å²) < 4.78 is 0. The molecule has 3 nitrogen and oxygen atoms in total. The monoisotopic (exact) mass is 207 g/mol. The molecule has 0 spiro atoms. The Morgan fingerprint density at radius 2 is 2.27 bits per heavy atom. The van der Waals surface area contributed by atoms with Crippen molar-refractivity contribution in [2.45, 2.75) is 37.8 Å². The van der Waals surface area contributed by atoms with E-state index >= 15 is 0 Å². The van der Waals surface area contributed by atoms with Gasteiger partial charge in [-0.3, -0.25) is 4.79 Å². The van der Waals surface area contributed by atoms with Crippen molar-refractivity contribution in [3.8, 4) is 0 Å². The molecule has 0 radical (unpaired) electrons. The van der Waals surface area contributed by atoms with E-state index < -0.39 is 0 Å². The van der Waals surface area contributed by atoms with Crippen LogP contribution in [0.2, 0.25) is 0 Å². The van der Waals surface area contributed by atoms with Gasteiger partial charge in [-0.2, -0.15) is 0 Å². The second-order valence-electron chi connectivity index (χ2n) is 5.04. The number of piperidine rings is 2. The average Bonchev–Trinajstić information content (AvgIpc) is 2.25. The zero-order valence-corrected chi connectivity index (χ0v) is 8.80. The number of hydrogen-bond acceptors (Lipinski definition) is 2. The van der Waals surface area contributed by atoms with Gasteiger partial charge in [0.2, 0.25) is 5.91 Å². The summed E-state index contributed by atoms with van der Waals surface area (Å²) in [6.07, 6.45) is 7.52. The Hall–Kier alpha value is -0.830. The quantitative estimate of drug-likeness (QED) is 0.600. The SMILES string of the molecule is O=C1CCC[C@@H]2[C@H]3C[C@H](C=C[C@@H]3O)CN12. The van der Waals surface area contributed by atoms with Crippen molar-refractivity contribution in [3.05, 3.63) is 12.2 Å². The minimum Gasteiger partial charge on any atom is -0.389 e. The second kappa shape index (κ2) is 3.34. The number of aliphatic hydroxyl groups excluding tert-OH is 1. The summed E-state index contributed by atoms with van der Waals surface area (Å²) in [5.41, 5.74) is 0. The molecule has 2 saturated heterocycles. The molecular formula is C12H17NO2. The van der Waals surface area contributed by atoms with Gasteiger partial charge in [0.1, 0.15) is 0 Å². The fraction of sp³-hybridized carbons (Fsp3) is 0.750. The Balaban J connectivity index is 1.90. The highest BCUT2D eigenvalue weighted by molar-refractivity contribution is 5.77. The molecular weight excluding hydrogens is 190 g/mol. The average molecular weight is 207 g/mol. The van der Waals surface area contributed by atoms with Crippen molar-refractivity contribution in [1.29, 1.82) is 0 Å². The highest BCUT2D eigenvalue weighted by atomic mass is 16.3. The van der Waals surface area contributed by atoms with Crippen LogP contribution < -0.4 is 0 Å². The van der Waals surface area contributed by atoms with E-state index in [1.165, 1.54) is 0 Å². The molecule has 1 aliphatic carbocycles. The minimum atomic E-state index is -0.333. The minimum absolute atomic E-state index is 0.290. The van der Waals surface area contributed by atoms with Crippen molar-refractivity contribution < 1.29 is 9.90 Å². The summed E-state index contributed by atoms with van der Waals surface area (Å²) in [6, 6.07) is 0.308. The molecule has 82 valence electrons. The third-order valence-corrected chi connectivity index (χ3v) is 4.13. The van der Waals surface area contributed by atoms with Crippen molar-refractivity contribution in [1.82, 2.24) is 4.90 Å². The molecule has 2 bridgehead atoms. The Kier molecular flexibility index (Phi) is 2.09. The third kappa shape index (κ3) is 1.41. The van der Waals surface area contributed by atoms with Gasteiger partial charge < -0.3 is 10.0 Å². The Morgan fingerprint density at radius 1 is 1.40 bits per heavy atom. The van der Waals surface area contributed by atoms with E-state index in [-0.39, 0.29) is 12.0 Å². The van der Waals surface area contributed by atoms with Crippen LogP contribution >= 0.6 is 0 Å². The van der Waals surface area contributed by atoms with Crippen molar-refractivity contribution in [3.63, 3.8) is 0 Å². The van der Waals surface area contributed by atoms with E-state index in [0.29, 0.717) is 24.3 Å². The van der Waals surface area contributed by atoms with Gasteiger partial charge in [-0.05, 0) is 25.2 Å². The first-order valence-electron chi connectivity index (χ1n) is 5.91. The molecule has 3 aliphatic rings. The summed E-state index contributed by atoms with van der Waals surface area (Å²) in [5, 5.41) is 9.92. The molecule has 15 heavy (non-hydrogen) atoms. The molecule has 0 aromatic carbocycles. The first kappa shape index (κ1) is 9.40. The van der Waals surface area contributed by atoms with Crippen molar-refractivity contribution >= 4 is 5.91 Å². The smallest absolute Gasteiger partial charge is 0.222 e. The number of amides is 1. The Bertz CT molecular complexity index is 313. The lowest BCUT2D eigenvalue weighted by Gasteiger charge is -2.49. The number of fused-ring (bicyclic) bond motifs is 4. The topological polar surface area (TPSA) is 40.5 Å². The fourth-order valence-corrected chi connectivity index (χ4v) is 3.38. The van der Waals surface area contributed by atoms with Crippen LogP contribution in [0.15, 0.2) is 12.2 Å². The van der Waals surface area contributed by atoms with Crippen LogP contribution in [0.5, 0.6) is 0 Å². The molecule has 1 N–H and O–H groups in total. The Labute approximate surface area is 89.8 Å². The first-order chi connectivity index (χ1) is 7.25. The maximum absolute atomic E-state index is 11.8. The molecule has 3 rings (SSSR count). The lowest BCUT2D eigenvalue weighted by atomic mass is 9.73. The molecule has 1 amide bonds. The van der Waals surface area contributed by atoms with Gasteiger partial charge >= 0.3 is 0 Å². The number of carbonyl (C=O) groups excluding carboxylic acids is 1. The fourth-order valence-electron chi connectivity index (χ4n) is 3.38. The normalized spacial score (nSPS) is 44.1. The number of carbonyl (C=O) groups is 1. The highest BCUT2D eigenvalue weighted by Gasteiger charge is 2.43. The molecule has 3 heteroatoms. The standard InChI is InChI=1S/C12H17NO2/c14-11-5-4-8-6-9(11)10-2-1-3-12(15)13(10)7-8/h4-5,8-11,14H,1-3,6-7H2/t8-,9+,10+,11-/m0/s1. The third-order valence-electron chi connectivity index (χ3n) is 4.13. The second-order valence-corrected chi connectivity index (χ2v) is 5.04. The first-order valence-corrected chi connectivity index (χ1v) is 5.91. The summed E-state index contributed by atoms with van der Waals surface area (Å²) in [4.78, 5) is 13.8. The van der Waals surface area contributed by atoms with Crippen molar-refractivity contribution in [2.75, 3.05) is 6.54 Å². The van der Waals surface area contributed by atoms with E-state index in [1.807, 2.05) is 11.0 Å². The van der Waals surface area contributed by atoms with Gasteiger partial charge in [0.25, 0.3) is 0 Å². The van der Waals surface area contributed by atoms with Gasteiger partial charge in [-0.15, -0.1) is 0 Å². The molecule has 0 unspecified atom stereocenters. The van der Waals surface area contributed by atoms with Crippen LogP contribution in [0.4, 0.5) is 0 Å². The van der Waals surface area contributed by atoms with E-state index in [4.69, 9.17) is 0 Å². The van der Waals surface area contributed by atoms with Crippen molar-refractivity contribution in [2.24, 2.45) is 11.8 Å². The Morgan fingerprint density at radius 3 is 3.13 bits per heavy atom.